The van der Waals surface area contributed by atoms with Gasteiger partial charge in [-0.05, 0) is 24.2 Å². The summed E-state index contributed by atoms with van der Waals surface area (Å²) < 4.78 is 10.8. The smallest absolute Gasteiger partial charge is 0.119 e. The fraction of sp³-hybridized carbons (Fsp3) is 0.571. The normalized spacial score (nSPS) is 22.7. The van der Waals surface area contributed by atoms with E-state index in [-0.39, 0.29) is 6.10 Å². The van der Waals surface area contributed by atoms with Crippen LogP contribution in [0.4, 0.5) is 0 Å². The summed E-state index contributed by atoms with van der Waals surface area (Å²) in [4.78, 5) is 2.29. The lowest BCUT2D eigenvalue weighted by atomic mass is 10.0. The molecule has 1 aromatic carbocycles. The molecule has 0 aromatic heterocycles. The molecule has 4 nitrogen and oxygen atoms in total. The van der Waals surface area contributed by atoms with E-state index in [1.54, 1.807) is 7.11 Å². The number of hydrogen-bond acceptors (Lipinski definition) is 4. The number of ether oxygens (including phenoxy) is 2. The van der Waals surface area contributed by atoms with Crippen molar-refractivity contribution in [3.8, 4) is 5.75 Å². The van der Waals surface area contributed by atoms with Crippen molar-refractivity contribution in [1.29, 1.82) is 0 Å². The number of morpholine rings is 1. The molecule has 0 saturated carbocycles. The van der Waals surface area contributed by atoms with Crippen molar-refractivity contribution < 1.29 is 14.6 Å². The van der Waals surface area contributed by atoms with Crippen LogP contribution in [0, 0.1) is 0 Å². The van der Waals surface area contributed by atoms with Gasteiger partial charge in [-0.15, -0.1) is 0 Å². The van der Waals surface area contributed by atoms with Crippen molar-refractivity contribution in [2.75, 3.05) is 33.4 Å². The van der Waals surface area contributed by atoms with Gasteiger partial charge in [-0.2, -0.15) is 0 Å². The third-order valence-electron chi connectivity index (χ3n) is 3.41. The standard InChI is InChI=1S/C14H21NO3/c1-3-15-7-8-18-13(10-15)14(16)11-5-4-6-12(9-11)17-2/h4-6,9,13-14,16H,3,7-8,10H2,1-2H3. The molecule has 1 saturated heterocycles. The van der Waals surface area contributed by atoms with Crippen molar-refractivity contribution in [3.05, 3.63) is 29.8 Å². The van der Waals surface area contributed by atoms with Gasteiger partial charge in [0.25, 0.3) is 0 Å². The average Bonchev–Trinajstić information content (AvgIpc) is 2.46. The predicted molar refractivity (Wildman–Crippen MR) is 69.8 cm³/mol. The molecule has 1 aliphatic heterocycles. The average molecular weight is 251 g/mol. The van der Waals surface area contributed by atoms with Crippen LogP contribution in [0.15, 0.2) is 24.3 Å². The van der Waals surface area contributed by atoms with Crippen molar-refractivity contribution in [2.45, 2.75) is 19.1 Å². The maximum absolute atomic E-state index is 10.4. The van der Waals surface area contributed by atoms with Crippen molar-refractivity contribution in [3.63, 3.8) is 0 Å². The van der Waals surface area contributed by atoms with Gasteiger partial charge in [0.15, 0.2) is 0 Å². The molecular weight excluding hydrogens is 230 g/mol. The molecule has 0 radical (unpaired) electrons. The lowest BCUT2D eigenvalue weighted by molar-refractivity contribution is -0.0889. The van der Waals surface area contributed by atoms with E-state index in [4.69, 9.17) is 9.47 Å². The Morgan fingerprint density at radius 3 is 3.11 bits per heavy atom. The largest absolute Gasteiger partial charge is 0.497 e. The van der Waals surface area contributed by atoms with Crippen LogP contribution in [0.3, 0.4) is 0 Å². The fourth-order valence-electron chi connectivity index (χ4n) is 2.25. The van der Waals surface area contributed by atoms with E-state index in [1.807, 2.05) is 24.3 Å². The summed E-state index contributed by atoms with van der Waals surface area (Å²) in [7, 11) is 1.63. The molecule has 0 bridgehead atoms. The first-order chi connectivity index (χ1) is 8.74. The number of rotatable bonds is 4. The molecular formula is C14H21NO3. The zero-order chi connectivity index (χ0) is 13.0. The third-order valence-corrected chi connectivity index (χ3v) is 3.41. The molecule has 2 rings (SSSR count). The van der Waals surface area contributed by atoms with Crippen LogP contribution in [-0.4, -0.2) is 49.5 Å². The quantitative estimate of drug-likeness (QED) is 0.879. The van der Waals surface area contributed by atoms with Gasteiger partial charge in [0.1, 0.15) is 18.0 Å². The number of aliphatic hydroxyl groups excluding tert-OH is 1. The van der Waals surface area contributed by atoms with Crippen LogP contribution in [0.5, 0.6) is 5.75 Å². The molecule has 1 aliphatic rings. The highest BCUT2D eigenvalue weighted by Crippen LogP contribution is 2.25. The van der Waals surface area contributed by atoms with Crippen LogP contribution in [0.2, 0.25) is 0 Å². The van der Waals surface area contributed by atoms with E-state index in [0.717, 1.165) is 30.9 Å². The predicted octanol–water partition coefficient (Wildman–Crippen LogP) is 1.45. The van der Waals surface area contributed by atoms with Gasteiger partial charge < -0.3 is 14.6 Å². The Kier molecular flexibility index (Phi) is 4.58. The van der Waals surface area contributed by atoms with E-state index in [2.05, 4.69) is 11.8 Å². The molecule has 0 amide bonds. The molecule has 1 heterocycles. The Bertz CT molecular complexity index is 383. The van der Waals surface area contributed by atoms with Gasteiger partial charge in [-0.3, -0.25) is 4.90 Å². The summed E-state index contributed by atoms with van der Waals surface area (Å²) in [5, 5.41) is 10.4. The highest BCUT2D eigenvalue weighted by atomic mass is 16.5. The van der Waals surface area contributed by atoms with Gasteiger partial charge in [0.2, 0.25) is 0 Å². The monoisotopic (exact) mass is 251 g/mol. The zero-order valence-corrected chi connectivity index (χ0v) is 11.0. The topological polar surface area (TPSA) is 41.9 Å². The summed E-state index contributed by atoms with van der Waals surface area (Å²) in [6.45, 7) is 5.51. The van der Waals surface area contributed by atoms with Crippen LogP contribution in [0.1, 0.15) is 18.6 Å². The summed E-state index contributed by atoms with van der Waals surface area (Å²) in [5.74, 6) is 0.759. The minimum atomic E-state index is -0.602. The molecule has 2 atom stereocenters. The van der Waals surface area contributed by atoms with Crippen LogP contribution < -0.4 is 4.74 Å². The molecule has 1 fully saturated rings. The van der Waals surface area contributed by atoms with Crippen LogP contribution in [0.25, 0.3) is 0 Å². The van der Waals surface area contributed by atoms with E-state index < -0.39 is 6.10 Å². The first kappa shape index (κ1) is 13.3. The molecule has 4 heteroatoms. The molecule has 0 spiro atoms. The first-order valence-corrected chi connectivity index (χ1v) is 6.40. The van der Waals surface area contributed by atoms with E-state index in [1.165, 1.54) is 0 Å². The number of methoxy groups -OCH3 is 1. The van der Waals surface area contributed by atoms with Gasteiger partial charge in [-0.1, -0.05) is 19.1 Å². The highest BCUT2D eigenvalue weighted by molar-refractivity contribution is 5.30. The molecule has 1 N–H and O–H groups in total. The summed E-state index contributed by atoms with van der Waals surface area (Å²) in [6, 6.07) is 7.52. The Hall–Kier alpha value is -1.10. The number of likely N-dealkylation sites (N-methyl/N-ethyl adjacent to an activating group) is 1. The molecule has 100 valence electrons. The molecule has 1 aromatic rings. The van der Waals surface area contributed by atoms with Crippen molar-refractivity contribution in [1.82, 2.24) is 4.90 Å². The highest BCUT2D eigenvalue weighted by Gasteiger charge is 2.27. The number of nitrogens with zero attached hydrogens (tertiary/aromatic N) is 1. The minimum Gasteiger partial charge on any atom is -0.497 e. The van der Waals surface area contributed by atoms with Gasteiger partial charge in [-0.25, -0.2) is 0 Å². The first-order valence-electron chi connectivity index (χ1n) is 6.40. The van der Waals surface area contributed by atoms with E-state index in [9.17, 15) is 5.11 Å². The summed E-state index contributed by atoms with van der Waals surface area (Å²) in [5.41, 5.74) is 0.845. The van der Waals surface area contributed by atoms with Crippen molar-refractivity contribution >= 4 is 0 Å². The van der Waals surface area contributed by atoms with E-state index >= 15 is 0 Å². The van der Waals surface area contributed by atoms with E-state index in [0.29, 0.717) is 6.61 Å². The Morgan fingerprint density at radius 1 is 1.56 bits per heavy atom. The second-order valence-electron chi connectivity index (χ2n) is 4.52. The lowest BCUT2D eigenvalue weighted by Crippen LogP contribution is -2.44. The number of benzene rings is 1. The minimum absolute atomic E-state index is 0.161. The third kappa shape index (κ3) is 3.02. The Balaban J connectivity index is 2.07. The van der Waals surface area contributed by atoms with Gasteiger partial charge >= 0.3 is 0 Å². The lowest BCUT2D eigenvalue weighted by Gasteiger charge is -2.34. The van der Waals surface area contributed by atoms with Gasteiger partial charge in [0, 0.05) is 13.1 Å². The Labute approximate surface area is 108 Å². The molecule has 2 unspecified atom stereocenters. The van der Waals surface area contributed by atoms with Crippen molar-refractivity contribution in [2.24, 2.45) is 0 Å². The zero-order valence-electron chi connectivity index (χ0n) is 11.0. The maximum Gasteiger partial charge on any atom is 0.119 e. The molecule has 0 aliphatic carbocycles. The van der Waals surface area contributed by atoms with Gasteiger partial charge in [0.05, 0.1) is 13.7 Å². The fourth-order valence-corrected chi connectivity index (χ4v) is 2.25. The Morgan fingerprint density at radius 2 is 2.39 bits per heavy atom. The maximum atomic E-state index is 10.4. The second kappa shape index (κ2) is 6.18. The number of hydrogen-bond donors (Lipinski definition) is 1. The second-order valence-corrected chi connectivity index (χ2v) is 4.52. The number of aliphatic hydroxyl groups is 1. The molecule has 18 heavy (non-hydrogen) atoms. The van der Waals surface area contributed by atoms with Crippen LogP contribution in [-0.2, 0) is 4.74 Å². The summed E-state index contributed by atoms with van der Waals surface area (Å²) in [6.07, 6.45) is -0.764. The van der Waals surface area contributed by atoms with Crippen LogP contribution >= 0.6 is 0 Å². The SMILES string of the molecule is CCN1CCOC(C(O)c2cccc(OC)c2)C1. The summed E-state index contributed by atoms with van der Waals surface area (Å²) >= 11 is 0.